The summed E-state index contributed by atoms with van der Waals surface area (Å²) >= 11 is 2.66. The summed E-state index contributed by atoms with van der Waals surface area (Å²) in [4.78, 5) is 0. The molecule has 1 aliphatic heterocycles. The van der Waals surface area contributed by atoms with Gasteiger partial charge in [-0.3, -0.25) is 0 Å². The topological polar surface area (TPSA) is 36.8 Å². The Morgan fingerprint density at radius 1 is 1.83 bits per heavy atom. The Labute approximate surface area is 45.0 Å². The molecule has 1 rings (SSSR count). The van der Waals surface area contributed by atoms with E-state index in [4.69, 9.17) is 0 Å². The molecule has 3 nitrogen and oxygen atoms in total. The van der Waals surface area contributed by atoms with E-state index in [9.17, 15) is 0 Å². The second-order valence-electron chi connectivity index (χ2n) is 0.889. The third-order valence-corrected chi connectivity index (χ3v) is 0.882. The second-order valence-corrected chi connectivity index (χ2v) is 1.88. The quantitative estimate of drug-likeness (QED) is 0.497. The first-order valence-corrected chi connectivity index (χ1v) is 2.33. The van der Waals surface area contributed by atoms with E-state index in [0.29, 0.717) is 6.54 Å². The Balaban J connectivity index is 2.52. The van der Waals surface area contributed by atoms with Gasteiger partial charge >= 0.3 is 44.4 Å². The summed E-state index contributed by atoms with van der Waals surface area (Å²) in [6, 6.07) is 0. The van der Waals surface area contributed by atoms with Gasteiger partial charge in [-0.15, -0.1) is 0 Å². The molecule has 0 fully saturated rings. The fourth-order valence-electron chi connectivity index (χ4n) is 0.217. The molecule has 0 saturated carbocycles. The van der Waals surface area contributed by atoms with Gasteiger partial charge in [-0.1, -0.05) is 0 Å². The second kappa shape index (κ2) is 1.56. The molecule has 0 amide bonds. The predicted molar refractivity (Wildman–Crippen MR) is 17.9 cm³/mol. The average molecular weight is 172 g/mol. The third-order valence-electron chi connectivity index (χ3n) is 0.440. The maximum atomic E-state index is 3.61. The SMILES string of the molecule is [Rh]=[C]1CN=NN1. The van der Waals surface area contributed by atoms with Crippen LogP contribution in [-0.4, -0.2) is 10.8 Å². The van der Waals surface area contributed by atoms with Crippen molar-refractivity contribution in [2.24, 2.45) is 10.3 Å². The van der Waals surface area contributed by atoms with Crippen molar-refractivity contribution in [3.05, 3.63) is 0 Å². The van der Waals surface area contributed by atoms with Crippen molar-refractivity contribution in [2.45, 2.75) is 0 Å². The molecule has 1 N–H and O–H groups in total. The van der Waals surface area contributed by atoms with E-state index in [0.717, 1.165) is 4.23 Å². The maximum absolute atomic E-state index is 3.61. The molecule has 0 bridgehead atoms. The molecule has 0 aliphatic carbocycles. The first-order valence-electron chi connectivity index (χ1n) is 1.51. The summed E-state index contributed by atoms with van der Waals surface area (Å²) in [7, 11) is 0. The van der Waals surface area contributed by atoms with Gasteiger partial charge in [0.1, 0.15) is 0 Å². The van der Waals surface area contributed by atoms with Gasteiger partial charge < -0.3 is 0 Å². The van der Waals surface area contributed by atoms with Crippen molar-refractivity contribution in [1.29, 1.82) is 0 Å². The van der Waals surface area contributed by atoms with Crippen molar-refractivity contribution in [3.63, 3.8) is 0 Å². The normalized spacial score (nSPS) is 18.5. The zero-order chi connectivity index (χ0) is 4.41. The van der Waals surface area contributed by atoms with Gasteiger partial charge in [0.15, 0.2) is 0 Å². The van der Waals surface area contributed by atoms with Crippen LogP contribution in [-0.2, 0) is 17.9 Å². The van der Waals surface area contributed by atoms with Crippen molar-refractivity contribution in [3.8, 4) is 0 Å². The minimum absolute atomic E-state index is 0.701. The van der Waals surface area contributed by atoms with Crippen molar-refractivity contribution >= 4 is 4.23 Å². The molecule has 0 aromatic rings. The molecule has 0 saturated heterocycles. The molecule has 35 valence electrons. The van der Waals surface area contributed by atoms with E-state index in [1.807, 2.05) is 0 Å². The molecule has 0 radical (unpaired) electrons. The standard InChI is InChI=1S/C2H3N3.Rh/c1-2-4-5-3-1;/h1H2,(H,3,4);. The summed E-state index contributed by atoms with van der Waals surface area (Å²) in [6.45, 7) is 0.701. The van der Waals surface area contributed by atoms with Gasteiger partial charge in [-0.2, -0.15) is 0 Å². The van der Waals surface area contributed by atoms with Gasteiger partial charge in [-0.25, -0.2) is 0 Å². The molecule has 0 unspecified atom stereocenters. The van der Waals surface area contributed by atoms with Crippen LogP contribution >= 0.6 is 0 Å². The number of rotatable bonds is 0. The molecule has 0 spiro atoms. The first kappa shape index (κ1) is 4.06. The number of hydrogen-bond acceptors (Lipinski definition) is 3. The van der Waals surface area contributed by atoms with Gasteiger partial charge in [-0.05, 0) is 0 Å². The Bertz CT molecular complexity index is 87.0. The Kier molecular flexibility index (Phi) is 1.06. The van der Waals surface area contributed by atoms with Crippen LogP contribution in [0, 0.1) is 0 Å². The summed E-state index contributed by atoms with van der Waals surface area (Å²) in [5.41, 5.74) is 2.65. The van der Waals surface area contributed by atoms with Gasteiger partial charge in [0.2, 0.25) is 0 Å². The van der Waals surface area contributed by atoms with Gasteiger partial charge in [0, 0.05) is 0 Å². The molecule has 1 heterocycles. The van der Waals surface area contributed by atoms with Crippen LogP contribution in [0.4, 0.5) is 0 Å². The number of nitrogens with zero attached hydrogens (tertiary/aromatic N) is 2. The molecule has 4 heteroatoms. The van der Waals surface area contributed by atoms with E-state index in [2.05, 4.69) is 33.6 Å². The fraction of sp³-hybridized carbons (Fsp3) is 0.500. The van der Waals surface area contributed by atoms with Crippen LogP contribution in [0.1, 0.15) is 0 Å². The van der Waals surface area contributed by atoms with E-state index in [-0.39, 0.29) is 0 Å². The third kappa shape index (κ3) is 0.686. The summed E-state index contributed by atoms with van der Waals surface area (Å²) in [5.74, 6) is 0. The molecule has 6 heavy (non-hydrogen) atoms. The van der Waals surface area contributed by atoms with Crippen LogP contribution in [0.3, 0.4) is 0 Å². The van der Waals surface area contributed by atoms with E-state index in [1.165, 1.54) is 0 Å². The first-order chi connectivity index (χ1) is 2.89. The summed E-state index contributed by atoms with van der Waals surface area (Å²) in [5, 5.41) is 7.09. The van der Waals surface area contributed by atoms with Crippen LogP contribution in [0.15, 0.2) is 10.3 Å². The predicted octanol–water partition coefficient (Wildman–Crippen LogP) is -0.366. The van der Waals surface area contributed by atoms with Crippen molar-refractivity contribution < 1.29 is 17.9 Å². The molecular formula is C2H3N3Rh. The number of nitrogens with one attached hydrogen (secondary N) is 1. The van der Waals surface area contributed by atoms with E-state index in [1.54, 1.807) is 0 Å². The van der Waals surface area contributed by atoms with Crippen LogP contribution in [0.2, 0.25) is 0 Å². The van der Waals surface area contributed by atoms with Crippen molar-refractivity contribution in [1.82, 2.24) is 5.43 Å². The van der Waals surface area contributed by atoms with Crippen LogP contribution in [0.5, 0.6) is 0 Å². The zero-order valence-electron chi connectivity index (χ0n) is 2.93. The van der Waals surface area contributed by atoms with Crippen molar-refractivity contribution in [2.75, 3.05) is 6.54 Å². The monoisotopic (exact) mass is 172 g/mol. The molecule has 0 aromatic carbocycles. The molecule has 0 atom stereocenters. The molecular weight excluding hydrogens is 169 g/mol. The average Bonchev–Trinajstić information content (AvgIpc) is 1.86. The van der Waals surface area contributed by atoms with E-state index >= 15 is 0 Å². The Morgan fingerprint density at radius 2 is 2.67 bits per heavy atom. The Hall–Kier alpha value is -0.107. The van der Waals surface area contributed by atoms with Gasteiger partial charge in [0.25, 0.3) is 0 Å². The molecule has 0 aromatic heterocycles. The Morgan fingerprint density at radius 3 is 2.83 bits per heavy atom. The number of hydrogen-bond donors (Lipinski definition) is 1. The minimum atomic E-state index is 0.701. The van der Waals surface area contributed by atoms with Gasteiger partial charge in [0.05, 0.1) is 0 Å². The fourth-order valence-corrected chi connectivity index (χ4v) is 0.415. The van der Waals surface area contributed by atoms with E-state index < -0.39 is 0 Å². The summed E-state index contributed by atoms with van der Waals surface area (Å²) in [6.07, 6.45) is 0. The molecule has 1 aliphatic rings. The van der Waals surface area contributed by atoms with Crippen LogP contribution < -0.4 is 5.43 Å². The summed E-state index contributed by atoms with van der Waals surface area (Å²) < 4.78 is 1.01. The van der Waals surface area contributed by atoms with Crippen LogP contribution in [0.25, 0.3) is 0 Å². The zero-order valence-corrected chi connectivity index (χ0v) is 4.57.